The first kappa shape index (κ1) is 15.5. The Labute approximate surface area is 137 Å². The predicted octanol–water partition coefficient (Wildman–Crippen LogP) is 4.13. The van der Waals surface area contributed by atoms with Crippen molar-refractivity contribution in [1.82, 2.24) is 0 Å². The van der Waals surface area contributed by atoms with Gasteiger partial charge in [0.15, 0.2) is 5.78 Å². The first-order valence-electron chi connectivity index (χ1n) is 7.96. The Morgan fingerprint density at radius 2 is 1.91 bits per heavy atom. The van der Waals surface area contributed by atoms with E-state index < -0.39 is 0 Å². The molecule has 0 saturated heterocycles. The van der Waals surface area contributed by atoms with Crippen LogP contribution >= 0.6 is 0 Å². The van der Waals surface area contributed by atoms with Crippen LogP contribution in [0.15, 0.2) is 53.5 Å². The number of carbonyl (C=O) groups excluding carboxylic acids is 1. The molecule has 3 nitrogen and oxygen atoms in total. The van der Waals surface area contributed by atoms with E-state index in [-0.39, 0.29) is 11.3 Å². The molecule has 3 heteroatoms. The summed E-state index contributed by atoms with van der Waals surface area (Å²) < 4.78 is 0. The van der Waals surface area contributed by atoms with E-state index in [1.165, 1.54) is 5.56 Å². The molecule has 0 radical (unpaired) electrons. The van der Waals surface area contributed by atoms with E-state index in [0.717, 1.165) is 28.9 Å². The van der Waals surface area contributed by atoms with Gasteiger partial charge in [-0.1, -0.05) is 36.4 Å². The molecule has 0 aliphatic carbocycles. The number of aliphatic imine (C=N–C) groups is 1. The van der Waals surface area contributed by atoms with Gasteiger partial charge in [-0.2, -0.15) is 0 Å². The van der Waals surface area contributed by atoms with Crippen LogP contribution in [0.4, 0.5) is 5.69 Å². The van der Waals surface area contributed by atoms with Crippen LogP contribution in [0.3, 0.4) is 0 Å². The van der Waals surface area contributed by atoms with Gasteiger partial charge in [-0.3, -0.25) is 9.79 Å². The quantitative estimate of drug-likeness (QED) is 0.863. The Bertz CT molecular complexity index is 760. The minimum Gasteiger partial charge on any atom is -0.388 e. The lowest BCUT2D eigenvalue weighted by atomic mass is 9.85. The van der Waals surface area contributed by atoms with Crippen LogP contribution in [0.25, 0.3) is 0 Å². The minimum atomic E-state index is -0.166. The van der Waals surface area contributed by atoms with E-state index in [0.29, 0.717) is 6.42 Å². The zero-order chi connectivity index (χ0) is 16.4. The SMILES string of the molecule is CNc1ccc2c(c1)C(CC(=O)c1ccccc1)=NC(C)(C)C2. The molecule has 0 amide bonds. The molecule has 1 aliphatic heterocycles. The van der Waals surface area contributed by atoms with Gasteiger partial charge in [0, 0.05) is 23.9 Å². The van der Waals surface area contributed by atoms with Crippen LogP contribution in [-0.2, 0) is 6.42 Å². The Hall–Kier alpha value is -2.42. The monoisotopic (exact) mass is 306 g/mol. The van der Waals surface area contributed by atoms with Crippen LogP contribution in [0, 0.1) is 0 Å². The van der Waals surface area contributed by atoms with Gasteiger partial charge >= 0.3 is 0 Å². The number of nitrogens with one attached hydrogen (secondary N) is 1. The van der Waals surface area contributed by atoms with E-state index in [1.807, 2.05) is 37.4 Å². The van der Waals surface area contributed by atoms with E-state index in [4.69, 9.17) is 4.99 Å². The first-order valence-corrected chi connectivity index (χ1v) is 7.96. The Balaban J connectivity index is 1.97. The van der Waals surface area contributed by atoms with Gasteiger partial charge < -0.3 is 5.32 Å². The molecular formula is C20H22N2O. The molecule has 3 rings (SSSR count). The molecule has 0 fully saturated rings. The number of hydrogen-bond donors (Lipinski definition) is 1. The molecule has 2 aromatic rings. The average molecular weight is 306 g/mol. The maximum absolute atomic E-state index is 12.6. The molecule has 0 spiro atoms. The zero-order valence-corrected chi connectivity index (χ0v) is 13.9. The Kier molecular flexibility index (Phi) is 4.03. The van der Waals surface area contributed by atoms with Gasteiger partial charge in [-0.05, 0) is 38.0 Å². The zero-order valence-electron chi connectivity index (χ0n) is 13.9. The van der Waals surface area contributed by atoms with Crippen molar-refractivity contribution in [2.45, 2.75) is 32.2 Å². The van der Waals surface area contributed by atoms with Crippen molar-refractivity contribution in [3.63, 3.8) is 0 Å². The number of fused-ring (bicyclic) bond motifs is 1. The third-order valence-electron chi connectivity index (χ3n) is 4.19. The number of rotatable bonds is 4. The van der Waals surface area contributed by atoms with Gasteiger partial charge in [0.25, 0.3) is 0 Å². The summed E-state index contributed by atoms with van der Waals surface area (Å²) in [5.41, 5.74) is 4.87. The van der Waals surface area contributed by atoms with Crippen LogP contribution in [0.1, 0.15) is 41.8 Å². The van der Waals surface area contributed by atoms with Crippen LogP contribution < -0.4 is 5.32 Å². The number of carbonyl (C=O) groups is 1. The molecule has 0 aromatic heterocycles. The summed E-state index contributed by atoms with van der Waals surface area (Å²) in [6.45, 7) is 4.24. The highest BCUT2D eigenvalue weighted by Gasteiger charge is 2.28. The van der Waals surface area contributed by atoms with Crippen molar-refractivity contribution >= 4 is 17.2 Å². The lowest BCUT2D eigenvalue weighted by Gasteiger charge is -2.29. The molecule has 2 aromatic carbocycles. The van der Waals surface area contributed by atoms with Gasteiger partial charge in [0.2, 0.25) is 0 Å². The average Bonchev–Trinajstić information content (AvgIpc) is 2.54. The molecule has 23 heavy (non-hydrogen) atoms. The van der Waals surface area contributed by atoms with Crippen LogP contribution in [0.2, 0.25) is 0 Å². The fourth-order valence-corrected chi connectivity index (χ4v) is 3.10. The van der Waals surface area contributed by atoms with Gasteiger partial charge in [0.1, 0.15) is 0 Å². The van der Waals surface area contributed by atoms with Crippen molar-refractivity contribution in [3.05, 3.63) is 65.2 Å². The fourth-order valence-electron chi connectivity index (χ4n) is 3.10. The third-order valence-corrected chi connectivity index (χ3v) is 4.19. The molecule has 1 N–H and O–H groups in total. The predicted molar refractivity (Wildman–Crippen MR) is 95.7 cm³/mol. The molecule has 1 aliphatic rings. The highest BCUT2D eigenvalue weighted by atomic mass is 16.1. The van der Waals surface area contributed by atoms with Crippen molar-refractivity contribution in [2.24, 2.45) is 4.99 Å². The summed E-state index contributed by atoms with van der Waals surface area (Å²) in [5, 5.41) is 3.16. The molecule has 0 atom stereocenters. The first-order chi connectivity index (χ1) is 11.0. The molecular weight excluding hydrogens is 284 g/mol. The van der Waals surface area contributed by atoms with Crippen LogP contribution in [-0.4, -0.2) is 24.1 Å². The molecule has 0 unspecified atom stereocenters. The summed E-state index contributed by atoms with van der Waals surface area (Å²) >= 11 is 0. The van der Waals surface area contributed by atoms with E-state index in [1.54, 1.807) is 0 Å². The molecule has 0 saturated carbocycles. The fraction of sp³-hybridized carbons (Fsp3) is 0.300. The maximum atomic E-state index is 12.6. The molecule has 1 heterocycles. The van der Waals surface area contributed by atoms with Crippen molar-refractivity contribution < 1.29 is 4.79 Å². The summed E-state index contributed by atoms with van der Waals surface area (Å²) in [6, 6.07) is 15.8. The topological polar surface area (TPSA) is 41.5 Å². The van der Waals surface area contributed by atoms with Gasteiger partial charge in [-0.25, -0.2) is 0 Å². The lowest BCUT2D eigenvalue weighted by Crippen LogP contribution is -2.30. The summed E-state index contributed by atoms with van der Waals surface area (Å²) in [4.78, 5) is 17.5. The van der Waals surface area contributed by atoms with Gasteiger partial charge in [0.05, 0.1) is 17.7 Å². The summed E-state index contributed by atoms with van der Waals surface area (Å²) in [6.07, 6.45) is 1.24. The lowest BCUT2D eigenvalue weighted by molar-refractivity contribution is 0.100. The van der Waals surface area contributed by atoms with Crippen molar-refractivity contribution in [1.29, 1.82) is 0 Å². The molecule has 118 valence electrons. The maximum Gasteiger partial charge on any atom is 0.168 e. The standard InChI is InChI=1S/C20H22N2O/c1-20(2)13-15-9-10-16(21-3)11-17(15)18(22-20)12-19(23)14-7-5-4-6-8-14/h4-11,21H,12-13H2,1-3H3. The van der Waals surface area contributed by atoms with E-state index >= 15 is 0 Å². The second-order valence-corrected chi connectivity index (χ2v) is 6.64. The Morgan fingerprint density at radius 3 is 2.61 bits per heavy atom. The second-order valence-electron chi connectivity index (χ2n) is 6.64. The summed E-state index contributed by atoms with van der Waals surface area (Å²) in [5.74, 6) is 0.114. The van der Waals surface area contributed by atoms with Crippen LogP contribution in [0.5, 0.6) is 0 Å². The van der Waals surface area contributed by atoms with Crippen molar-refractivity contribution in [3.8, 4) is 0 Å². The number of benzene rings is 2. The Morgan fingerprint density at radius 1 is 1.17 bits per heavy atom. The summed E-state index contributed by atoms with van der Waals surface area (Å²) in [7, 11) is 1.90. The molecule has 0 bridgehead atoms. The van der Waals surface area contributed by atoms with Gasteiger partial charge in [-0.15, -0.1) is 0 Å². The number of hydrogen-bond acceptors (Lipinski definition) is 3. The van der Waals surface area contributed by atoms with E-state index in [2.05, 4.69) is 37.4 Å². The number of anilines is 1. The van der Waals surface area contributed by atoms with Crippen molar-refractivity contribution in [2.75, 3.05) is 12.4 Å². The smallest absolute Gasteiger partial charge is 0.168 e. The highest BCUT2D eigenvalue weighted by molar-refractivity contribution is 6.17. The second kappa shape index (κ2) is 5.99. The number of nitrogens with zero attached hydrogens (tertiary/aromatic N) is 1. The number of ketones is 1. The largest absolute Gasteiger partial charge is 0.388 e. The third kappa shape index (κ3) is 3.34. The van der Waals surface area contributed by atoms with E-state index in [9.17, 15) is 4.79 Å². The minimum absolute atomic E-state index is 0.114. The normalized spacial score (nSPS) is 15.5. The number of Topliss-reactive ketones (excluding diaryl/α,β-unsaturated/α-hetero) is 1. The highest BCUT2D eigenvalue weighted by Crippen LogP contribution is 2.30.